The fraction of sp³-hybridized carbons (Fsp3) is 0.933. The zero-order chi connectivity index (χ0) is 14.0. The summed E-state index contributed by atoms with van der Waals surface area (Å²) in [7, 11) is 2.05. The van der Waals surface area contributed by atoms with Gasteiger partial charge in [0, 0.05) is 19.1 Å². The molecule has 1 saturated carbocycles. The molecule has 1 heterocycles. The van der Waals surface area contributed by atoms with E-state index in [0.29, 0.717) is 12.0 Å². The van der Waals surface area contributed by atoms with Crippen LogP contribution in [0.2, 0.25) is 0 Å². The van der Waals surface area contributed by atoms with Crippen molar-refractivity contribution >= 4 is 6.09 Å². The zero-order valence-electron chi connectivity index (χ0n) is 12.7. The van der Waals surface area contributed by atoms with Crippen molar-refractivity contribution in [2.45, 2.75) is 58.1 Å². The highest BCUT2D eigenvalue weighted by Gasteiger charge is 2.38. The lowest BCUT2D eigenvalue weighted by Gasteiger charge is -2.37. The van der Waals surface area contributed by atoms with Crippen molar-refractivity contribution in [2.75, 3.05) is 20.1 Å². The van der Waals surface area contributed by atoms with Gasteiger partial charge in [0.25, 0.3) is 0 Å². The average Bonchev–Trinajstić information content (AvgIpc) is 2.69. The number of hydrogen-bond acceptors (Lipinski definition) is 3. The molecule has 1 aliphatic carbocycles. The highest BCUT2D eigenvalue weighted by molar-refractivity contribution is 5.68. The summed E-state index contributed by atoms with van der Waals surface area (Å²) in [5.41, 5.74) is -0.397. The number of hydrogen-bond donors (Lipinski definition) is 1. The second-order valence-electron chi connectivity index (χ2n) is 6.98. The summed E-state index contributed by atoms with van der Waals surface area (Å²) in [4.78, 5) is 13.9. The Morgan fingerprint density at radius 2 is 1.95 bits per heavy atom. The van der Waals surface area contributed by atoms with Gasteiger partial charge >= 0.3 is 6.09 Å². The molecule has 4 nitrogen and oxygen atoms in total. The van der Waals surface area contributed by atoms with Crippen molar-refractivity contribution < 1.29 is 9.53 Å². The van der Waals surface area contributed by atoms with Gasteiger partial charge in [-0.1, -0.05) is 6.42 Å². The first-order valence-corrected chi connectivity index (χ1v) is 7.56. The van der Waals surface area contributed by atoms with Crippen LogP contribution in [0.3, 0.4) is 0 Å². The van der Waals surface area contributed by atoms with Gasteiger partial charge < -0.3 is 15.0 Å². The Labute approximate surface area is 116 Å². The first-order chi connectivity index (χ1) is 8.90. The fourth-order valence-corrected chi connectivity index (χ4v) is 3.23. The molecule has 4 heteroatoms. The van der Waals surface area contributed by atoms with E-state index in [4.69, 9.17) is 4.74 Å². The van der Waals surface area contributed by atoms with Crippen molar-refractivity contribution in [1.29, 1.82) is 0 Å². The highest BCUT2D eigenvalue weighted by atomic mass is 16.6. The molecular weight excluding hydrogens is 240 g/mol. The van der Waals surface area contributed by atoms with E-state index in [0.717, 1.165) is 25.4 Å². The van der Waals surface area contributed by atoms with E-state index in [1.165, 1.54) is 19.3 Å². The summed E-state index contributed by atoms with van der Waals surface area (Å²) in [6.07, 6.45) is 4.99. The Balaban J connectivity index is 1.86. The number of carbonyl (C=O) groups excluding carboxylic acids is 1. The van der Waals surface area contributed by atoms with Crippen molar-refractivity contribution in [1.82, 2.24) is 10.2 Å². The maximum absolute atomic E-state index is 12.1. The van der Waals surface area contributed by atoms with E-state index in [1.807, 2.05) is 25.7 Å². The molecule has 0 aromatic rings. The summed E-state index contributed by atoms with van der Waals surface area (Å²) in [5.74, 6) is 1.40. The molecule has 2 unspecified atom stereocenters. The van der Waals surface area contributed by atoms with Crippen molar-refractivity contribution in [3.8, 4) is 0 Å². The molecule has 1 saturated heterocycles. The topological polar surface area (TPSA) is 41.6 Å². The largest absolute Gasteiger partial charge is 0.444 e. The van der Waals surface area contributed by atoms with Gasteiger partial charge in [-0.05, 0) is 58.9 Å². The van der Waals surface area contributed by atoms with Gasteiger partial charge in [-0.25, -0.2) is 4.79 Å². The van der Waals surface area contributed by atoms with Crippen LogP contribution in [0, 0.1) is 11.8 Å². The number of rotatable bonds is 3. The van der Waals surface area contributed by atoms with E-state index < -0.39 is 5.60 Å². The summed E-state index contributed by atoms with van der Waals surface area (Å²) in [6, 6.07) is 0.571. The molecule has 1 N–H and O–H groups in total. The van der Waals surface area contributed by atoms with Crippen LogP contribution in [-0.2, 0) is 4.74 Å². The Bertz CT molecular complexity index is 321. The third-order valence-electron chi connectivity index (χ3n) is 4.38. The fourth-order valence-electron chi connectivity index (χ4n) is 3.23. The average molecular weight is 268 g/mol. The molecule has 0 bridgehead atoms. The van der Waals surface area contributed by atoms with Crippen LogP contribution in [0.15, 0.2) is 0 Å². The molecule has 0 aromatic heterocycles. The molecule has 2 rings (SSSR count). The lowest BCUT2D eigenvalue weighted by atomic mass is 9.75. The summed E-state index contributed by atoms with van der Waals surface area (Å²) in [5, 5.41) is 3.47. The molecule has 0 radical (unpaired) electrons. The second-order valence-corrected chi connectivity index (χ2v) is 6.98. The van der Waals surface area contributed by atoms with Gasteiger partial charge in [0.1, 0.15) is 5.60 Å². The molecule has 2 aliphatic rings. The van der Waals surface area contributed by atoms with Crippen LogP contribution in [0.4, 0.5) is 4.79 Å². The van der Waals surface area contributed by atoms with Crippen molar-refractivity contribution in [3.05, 3.63) is 0 Å². The molecule has 1 aliphatic heterocycles. The van der Waals surface area contributed by atoms with E-state index in [2.05, 4.69) is 12.4 Å². The van der Waals surface area contributed by atoms with Crippen LogP contribution in [-0.4, -0.2) is 42.8 Å². The number of likely N-dealkylation sites (tertiary alicyclic amines) is 1. The second kappa shape index (κ2) is 5.70. The standard InChI is InChI=1S/C15H28N2O2/c1-15(2,3)19-14(18)17-9-8-12(10-17)13(16-4)11-6-5-7-11/h11-13,16H,5-10H2,1-4H3. The predicted octanol–water partition coefficient (Wildman–Crippen LogP) is 2.63. The Hall–Kier alpha value is -0.770. The summed E-state index contributed by atoms with van der Waals surface area (Å²) < 4.78 is 5.45. The lowest BCUT2D eigenvalue weighted by Crippen LogP contribution is -2.44. The van der Waals surface area contributed by atoms with Crippen LogP contribution < -0.4 is 5.32 Å². The molecule has 1 amide bonds. The Morgan fingerprint density at radius 1 is 1.26 bits per heavy atom. The number of nitrogens with one attached hydrogen (secondary N) is 1. The minimum absolute atomic E-state index is 0.154. The van der Waals surface area contributed by atoms with Crippen LogP contribution in [0.1, 0.15) is 46.5 Å². The van der Waals surface area contributed by atoms with Crippen LogP contribution in [0.25, 0.3) is 0 Å². The quantitative estimate of drug-likeness (QED) is 0.855. The van der Waals surface area contributed by atoms with Gasteiger partial charge in [-0.2, -0.15) is 0 Å². The lowest BCUT2D eigenvalue weighted by molar-refractivity contribution is 0.0281. The van der Waals surface area contributed by atoms with Crippen molar-refractivity contribution in [2.24, 2.45) is 11.8 Å². The van der Waals surface area contributed by atoms with E-state index in [1.54, 1.807) is 0 Å². The van der Waals surface area contributed by atoms with E-state index >= 15 is 0 Å². The molecule has 110 valence electrons. The number of ether oxygens (including phenoxy) is 1. The molecule has 19 heavy (non-hydrogen) atoms. The smallest absolute Gasteiger partial charge is 0.410 e. The number of nitrogens with zero attached hydrogens (tertiary/aromatic N) is 1. The predicted molar refractivity (Wildman–Crippen MR) is 76.1 cm³/mol. The number of carbonyl (C=O) groups is 1. The van der Waals surface area contributed by atoms with Gasteiger partial charge in [0.15, 0.2) is 0 Å². The third kappa shape index (κ3) is 3.62. The van der Waals surface area contributed by atoms with E-state index in [-0.39, 0.29) is 6.09 Å². The van der Waals surface area contributed by atoms with Crippen LogP contribution in [0.5, 0.6) is 0 Å². The summed E-state index contributed by atoms with van der Waals surface area (Å²) >= 11 is 0. The molecule has 2 fully saturated rings. The monoisotopic (exact) mass is 268 g/mol. The molecule has 0 aromatic carbocycles. The molecule has 2 atom stereocenters. The van der Waals surface area contributed by atoms with Gasteiger partial charge in [0.05, 0.1) is 0 Å². The van der Waals surface area contributed by atoms with Gasteiger partial charge in [-0.3, -0.25) is 0 Å². The van der Waals surface area contributed by atoms with E-state index in [9.17, 15) is 4.79 Å². The minimum Gasteiger partial charge on any atom is -0.444 e. The highest BCUT2D eigenvalue weighted by Crippen LogP contribution is 2.35. The normalized spacial score (nSPS) is 26.1. The molecule has 0 spiro atoms. The Morgan fingerprint density at radius 3 is 2.42 bits per heavy atom. The van der Waals surface area contributed by atoms with Crippen molar-refractivity contribution in [3.63, 3.8) is 0 Å². The first-order valence-electron chi connectivity index (χ1n) is 7.56. The SMILES string of the molecule is CNC(C1CCC1)C1CCN(C(=O)OC(C)(C)C)C1. The summed E-state index contributed by atoms with van der Waals surface area (Å²) in [6.45, 7) is 7.44. The third-order valence-corrected chi connectivity index (χ3v) is 4.38. The maximum Gasteiger partial charge on any atom is 0.410 e. The Kier molecular flexibility index (Phi) is 4.39. The number of amides is 1. The van der Waals surface area contributed by atoms with Gasteiger partial charge in [-0.15, -0.1) is 0 Å². The molecular formula is C15H28N2O2. The van der Waals surface area contributed by atoms with Gasteiger partial charge in [0.2, 0.25) is 0 Å². The minimum atomic E-state index is -0.397. The maximum atomic E-state index is 12.1. The van der Waals surface area contributed by atoms with Crippen LogP contribution >= 0.6 is 0 Å². The first kappa shape index (κ1) is 14.6. The zero-order valence-corrected chi connectivity index (χ0v) is 12.7.